The summed E-state index contributed by atoms with van der Waals surface area (Å²) in [5.41, 5.74) is 4.53. The van der Waals surface area contributed by atoms with Crippen LogP contribution >= 0.6 is 0 Å². The van der Waals surface area contributed by atoms with E-state index in [4.69, 9.17) is 4.74 Å². The number of aromatic nitrogens is 2. The molecule has 5 nitrogen and oxygen atoms in total. The number of pyridine rings is 1. The van der Waals surface area contributed by atoms with Crippen molar-refractivity contribution in [2.45, 2.75) is 31.6 Å². The van der Waals surface area contributed by atoms with Gasteiger partial charge in [-0.1, -0.05) is 18.2 Å². The number of rotatable bonds is 5. The van der Waals surface area contributed by atoms with Crippen LogP contribution in [0.25, 0.3) is 11.0 Å². The molecule has 1 N–H and O–H groups in total. The lowest BCUT2D eigenvalue weighted by atomic mass is 9.90. The molecule has 1 fully saturated rings. The molecule has 0 radical (unpaired) electrons. The molecule has 1 aliphatic heterocycles. The van der Waals surface area contributed by atoms with Crippen molar-refractivity contribution in [1.29, 1.82) is 0 Å². The maximum absolute atomic E-state index is 12.6. The highest BCUT2D eigenvalue weighted by molar-refractivity contribution is 5.79. The first-order valence-electron chi connectivity index (χ1n) is 9.58. The summed E-state index contributed by atoms with van der Waals surface area (Å²) in [6, 6.07) is 11.9. The van der Waals surface area contributed by atoms with Gasteiger partial charge in [0.15, 0.2) is 0 Å². The monoisotopic (exact) mass is 363 g/mol. The summed E-state index contributed by atoms with van der Waals surface area (Å²) in [6.45, 7) is 1.63. The Kier molecular flexibility index (Phi) is 5.10. The summed E-state index contributed by atoms with van der Waals surface area (Å²) < 4.78 is 5.38. The minimum Gasteiger partial charge on any atom is -0.496 e. The van der Waals surface area contributed by atoms with Gasteiger partial charge >= 0.3 is 0 Å². The van der Waals surface area contributed by atoms with Crippen molar-refractivity contribution in [1.82, 2.24) is 14.9 Å². The van der Waals surface area contributed by atoms with Crippen molar-refractivity contribution in [2.24, 2.45) is 0 Å². The second kappa shape index (κ2) is 7.82. The van der Waals surface area contributed by atoms with Gasteiger partial charge in [-0.25, -0.2) is 0 Å². The van der Waals surface area contributed by atoms with E-state index in [0.717, 1.165) is 54.7 Å². The van der Waals surface area contributed by atoms with E-state index in [0.29, 0.717) is 12.3 Å². The zero-order valence-corrected chi connectivity index (χ0v) is 15.6. The Balaban J connectivity index is 1.34. The zero-order chi connectivity index (χ0) is 18.6. The number of nitrogens with one attached hydrogen (secondary N) is 1. The van der Waals surface area contributed by atoms with Crippen molar-refractivity contribution < 1.29 is 9.53 Å². The summed E-state index contributed by atoms with van der Waals surface area (Å²) in [4.78, 5) is 22.5. The van der Waals surface area contributed by atoms with E-state index in [-0.39, 0.29) is 5.91 Å². The number of carbonyl (C=O) groups is 1. The van der Waals surface area contributed by atoms with Crippen molar-refractivity contribution in [3.05, 3.63) is 59.9 Å². The Bertz CT molecular complexity index is 926. The predicted octanol–water partition coefficient (Wildman–Crippen LogP) is 3.91. The SMILES string of the molecule is COc1ccccc1CCC(=O)N1CCC(c2c[nH]c3cccnc23)CC1. The number of para-hydroxylation sites is 1. The molecule has 1 aromatic carbocycles. The third-order valence-corrected chi connectivity index (χ3v) is 5.55. The lowest BCUT2D eigenvalue weighted by Crippen LogP contribution is -2.38. The number of hydrogen-bond acceptors (Lipinski definition) is 3. The first-order valence-corrected chi connectivity index (χ1v) is 9.58. The predicted molar refractivity (Wildman–Crippen MR) is 106 cm³/mol. The van der Waals surface area contributed by atoms with E-state index < -0.39 is 0 Å². The molecule has 0 bridgehead atoms. The minimum absolute atomic E-state index is 0.233. The lowest BCUT2D eigenvalue weighted by Gasteiger charge is -2.32. The molecule has 2 aromatic heterocycles. The van der Waals surface area contributed by atoms with Crippen LogP contribution in [0.5, 0.6) is 5.75 Å². The molecular formula is C22H25N3O2. The summed E-state index contributed by atoms with van der Waals surface area (Å²) >= 11 is 0. The van der Waals surface area contributed by atoms with E-state index in [2.05, 4.69) is 22.2 Å². The Morgan fingerprint density at radius 1 is 1.22 bits per heavy atom. The van der Waals surface area contributed by atoms with Gasteiger partial charge in [0.1, 0.15) is 5.75 Å². The zero-order valence-electron chi connectivity index (χ0n) is 15.6. The summed E-state index contributed by atoms with van der Waals surface area (Å²) in [7, 11) is 1.67. The van der Waals surface area contributed by atoms with Crippen molar-refractivity contribution in [2.75, 3.05) is 20.2 Å². The van der Waals surface area contributed by atoms with Gasteiger partial charge in [-0.15, -0.1) is 0 Å². The number of aryl methyl sites for hydroxylation is 1. The number of benzene rings is 1. The average molecular weight is 363 g/mol. The van der Waals surface area contributed by atoms with Crippen LogP contribution in [0.1, 0.15) is 36.3 Å². The number of carbonyl (C=O) groups excluding carboxylic acids is 1. The van der Waals surface area contributed by atoms with E-state index >= 15 is 0 Å². The van der Waals surface area contributed by atoms with Crippen LogP contribution in [0.2, 0.25) is 0 Å². The quantitative estimate of drug-likeness (QED) is 0.748. The molecule has 140 valence electrons. The average Bonchev–Trinajstić information content (AvgIpc) is 3.16. The standard InChI is InChI=1S/C22H25N3O2/c1-27-20-7-3-2-5-17(20)8-9-21(26)25-13-10-16(11-14-25)18-15-24-19-6-4-12-23-22(18)19/h2-7,12,15-16,24H,8-11,13-14H2,1H3. The number of piperidine rings is 1. The third-order valence-electron chi connectivity index (χ3n) is 5.55. The molecule has 0 unspecified atom stereocenters. The minimum atomic E-state index is 0.233. The van der Waals surface area contributed by atoms with Crippen molar-refractivity contribution in [3.63, 3.8) is 0 Å². The molecular weight excluding hydrogens is 338 g/mol. The number of likely N-dealkylation sites (tertiary alicyclic amines) is 1. The topological polar surface area (TPSA) is 58.2 Å². The fourth-order valence-electron chi connectivity index (χ4n) is 4.04. The maximum atomic E-state index is 12.6. The highest BCUT2D eigenvalue weighted by Gasteiger charge is 2.25. The molecule has 0 saturated carbocycles. The van der Waals surface area contributed by atoms with Crippen LogP contribution < -0.4 is 4.74 Å². The fraction of sp³-hybridized carbons (Fsp3) is 0.364. The van der Waals surface area contributed by atoms with Gasteiger partial charge in [-0.3, -0.25) is 9.78 Å². The van der Waals surface area contributed by atoms with Crippen LogP contribution in [0.3, 0.4) is 0 Å². The second-order valence-electron chi connectivity index (χ2n) is 7.11. The summed E-state index contributed by atoms with van der Waals surface area (Å²) in [5, 5.41) is 0. The molecule has 27 heavy (non-hydrogen) atoms. The summed E-state index contributed by atoms with van der Waals surface area (Å²) in [6.07, 6.45) is 7.15. The van der Waals surface area contributed by atoms with Gasteiger partial charge in [0.25, 0.3) is 0 Å². The van der Waals surface area contributed by atoms with Gasteiger partial charge in [0.05, 0.1) is 18.1 Å². The van der Waals surface area contributed by atoms with E-state index in [1.807, 2.05) is 41.4 Å². The lowest BCUT2D eigenvalue weighted by molar-refractivity contribution is -0.132. The Hall–Kier alpha value is -2.82. The fourth-order valence-corrected chi connectivity index (χ4v) is 4.04. The molecule has 1 aliphatic rings. The summed E-state index contributed by atoms with van der Waals surface area (Å²) in [5.74, 6) is 1.55. The molecule has 3 heterocycles. The van der Waals surface area contributed by atoms with Gasteiger partial charge in [-0.05, 0) is 54.5 Å². The van der Waals surface area contributed by atoms with Gasteiger partial charge in [0.2, 0.25) is 5.91 Å². The first kappa shape index (κ1) is 17.6. The molecule has 5 heteroatoms. The number of fused-ring (bicyclic) bond motifs is 1. The number of amides is 1. The third kappa shape index (κ3) is 3.68. The number of aromatic amines is 1. The molecule has 3 aromatic rings. The van der Waals surface area contributed by atoms with E-state index in [1.165, 1.54) is 5.56 Å². The Labute approximate surface area is 159 Å². The maximum Gasteiger partial charge on any atom is 0.222 e. The normalized spacial score (nSPS) is 15.2. The van der Waals surface area contributed by atoms with E-state index in [1.54, 1.807) is 7.11 Å². The number of nitrogens with zero attached hydrogens (tertiary/aromatic N) is 2. The number of methoxy groups -OCH3 is 1. The van der Waals surface area contributed by atoms with Crippen LogP contribution in [0.15, 0.2) is 48.8 Å². The number of ether oxygens (including phenoxy) is 1. The molecule has 1 amide bonds. The molecule has 0 atom stereocenters. The molecule has 1 saturated heterocycles. The Morgan fingerprint density at radius 2 is 2.04 bits per heavy atom. The largest absolute Gasteiger partial charge is 0.496 e. The van der Waals surface area contributed by atoms with Crippen LogP contribution in [-0.2, 0) is 11.2 Å². The van der Waals surface area contributed by atoms with Crippen LogP contribution in [0, 0.1) is 0 Å². The van der Waals surface area contributed by atoms with Crippen LogP contribution in [-0.4, -0.2) is 41.0 Å². The Morgan fingerprint density at radius 3 is 2.85 bits per heavy atom. The highest BCUT2D eigenvalue weighted by atomic mass is 16.5. The van der Waals surface area contributed by atoms with Gasteiger partial charge in [-0.2, -0.15) is 0 Å². The van der Waals surface area contributed by atoms with E-state index in [9.17, 15) is 4.79 Å². The second-order valence-corrected chi connectivity index (χ2v) is 7.11. The van der Waals surface area contributed by atoms with Crippen LogP contribution in [0.4, 0.5) is 0 Å². The van der Waals surface area contributed by atoms with Crippen molar-refractivity contribution >= 4 is 16.9 Å². The van der Waals surface area contributed by atoms with Gasteiger partial charge in [0, 0.05) is 31.9 Å². The molecule has 0 spiro atoms. The number of H-pyrrole nitrogens is 1. The van der Waals surface area contributed by atoms with Gasteiger partial charge < -0.3 is 14.6 Å². The first-order chi connectivity index (χ1) is 13.3. The molecule has 4 rings (SSSR count). The smallest absolute Gasteiger partial charge is 0.222 e. The van der Waals surface area contributed by atoms with Crippen molar-refractivity contribution in [3.8, 4) is 5.75 Å². The number of hydrogen-bond donors (Lipinski definition) is 1. The molecule has 0 aliphatic carbocycles. The highest BCUT2D eigenvalue weighted by Crippen LogP contribution is 2.32.